The quantitative estimate of drug-likeness (QED) is 0.153. The van der Waals surface area contributed by atoms with Crippen LogP contribution in [0, 0.1) is 34.5 Å². The van der Waals surface area contributed by atoms with Crippen LogP contribution in [0.25, 0.3) is 0 Å². The molecule has 2 saturated carbocycles. The first-order valence-corrected chi connectivity index (χ1v) is 13.5. The third-order valence-electron chi connectivity index (χ3n) is 9.58. The van der Waals surface area contributed by atoms with Gasteiger partial charge >= 0.3 is 5.97 Å². The molecule has 6 heteroatoms. The normalized spacial score (nSPS) is 40.8. The number of Topliss-reactive ketones (excluding diaryl/α,β-unsaturated/α-hetero) is 1. The van der Waals surface area contributed by atoms with E-state index in [-0.39, 0.29) is 35.2 Å². The topological polar surface area (TPSA) is 104 Å². The van der Waals surface area contributed by atoms with Crippen molar-refractivity contribution < 1.29 is 29.6 Å². The second-order valence-electron chi connectivity index (χ2n) is 12.0. The summed E-state index contributed by atoms with van der Waals surface area (Å²) in [6, 6.07) is 0. The highest BCUT2D eigenvalue weighted by atomic mass is 16.5. The van der Waals surface area contributed by atoms with E-state index in [1.54, 1.807) is 25.2 Å². The Kier molecular flexibility index (Phi) is 7.28. The fourth-order valence-electron chi connectivity index (χ4n) is 7.44. The molecule has 6 nitrogen and oxygen atoms in total. The van der Waals surface area contributed by atoms with Gasteiger partial charge < -0.3 is 20.1 Å². The average molecular weight is 499 g/mol. The molecule has 4 rings (SSSR count). The van der Waals surface area contributed by atoms with Gasteiger partial charge in [-0.3, -0.25) is 4.79 Å². The number of rotatable bonds is 8. The summed E-state index contributed by atoms with van der Waals surface area (Å²) in [6.07, 6.45) is 12.4. The molecule has 0 aromatic rings. The molecule has 2 bridgehead atoms. The highest BCUT2D eigenvalue weighted by molar-refractivity contribution is 5.95. The van der Waals surface area contributed by atoms with Gasteiger partial charge in [-0.2, -0.15) is 0 Å². The molecule has 4 aliphatic carbocycles. The first-order valence-electron chi connectivity index (χ1n) is 13.5. The molecule has 0 saturated heterocycles. The second-order valence-corrected chi connectivity index (χ2v) is 12.0. The molecule has 198 valence electrons. The molecule has 0 unspecified atom stereocenters. The van der Waals surface area contributed by atoms with Gasteiger partial charge in [0.15, 0.2) is 5.78 Å². The molecule has 8 atom stereocenters. The van der Waals surface area contributed by atoms with E-state index in [1.807, 2.05) is 19.1 Å². The first kappa shape index (κ1) is 27.0. The first-order chi connectivity index (χ1) is 16.9. The zero-order valence-electron chi connectivity index (χ0n) is 22.2. The third kappa shape index (κ3) is 3.97. The maximum Gasteiger partial charge on any atom is 0.331 e. The zero-order chi connectivity index (χ0) is 26.5. The number of allylic oxidation sites excluding steroid dienone is 4. The molecule has 0 radical (unpaired) electrons. The van der Waals surface area contributed by atoms with Crippen LogP contribution in [0.4, 0.5) is 0 Å². The van der Waals surface area contributed by atoms with Crippen molar-refractivity contribution in [1.82, 2.24) is 0 Å². The van der Waals surface area contributed by atoms with Crippen LogP contribution in [0.1, 0.15) is 66.7 Å². The molecular weight excluding hydrogens is 456 g/mol. The molecule has 0 amide bonds. The number of aliphatic hydroxyl groups excluding tert-OH is 2. The Hall–Kier alpha value is -2.02. The number of fused-ring (bicyclic) bond motifs is 3. The van der Waals surface area contributed by atoms with Crippen LogP contribution >= 0.6 is 0 Å². The van der Waals surface area contributed by atoms with E-state index in [1.165, 1.54) is 12.5 Å². The van der Waals surface area contributed by atoms with Crippen LogP contribution in [0.15, 0.2) is 47.6 Å². The van der Waals surface area contributed by atoms with E-state index in [9.17, 15) is 24.9 Å². The number of carbonyl (C=O) groups is 2. The van der Waals surface area contributed by atoms with Crippen molar-refractivity contribution in [2.75, 3.05) is 6.61 Å². The van der Waals surface area contributed by atoms with Gasteiger partial charge in [0.2, 0.25) is 0 Å². The van der Waals surface area contributed by atoms with Crippen LogP contribution in [0.2, 0.25) is 0 Å². The smallest absolute Gasteiger partial charge is 0.331 e. The standard InChI is InChI=1S/C30H42O6/c1-6-7-8-9-10-11-12-13-23(31)36-17-20-15-21-24-22(28(24,4)5)14-19(3)29(27(21)34)16-18(2)25(32)30(29,35)26(20)33/h10-13,15-16,19,21-22,24-26,32-33,35H,6-9,14,17H2,1-5H3/b11-10+,13-12+/t19-,21+,22-,24+,25+,26-,29+,30-/m1/s1. The van der Waals surface area contributed by atoms with Crippen LogP contribution in [0.5, 0.6) is 0 Å². The van der Waals surface area contributed by atoms with Gasteiger partial charge in [-0.05, 0) is 60.5 Å². The number of hydrogen-bond donors (Lipinski definition) is 3. The van der Waals surface area contributed by atoms with Crippen LogP contribution in [-0.2, 0) is 14.3 Å². The Morgan fingerprint density at radius 1 is 1.19 bits per heavy atom. The Balaban J connectivity index is 1.59. The molecule has 36 heavy (non-hydrogen) atoms. The Morgan fingerprint density at radius 3 is 2.61 bits per heavy atom. The van der Waals surface area contributed by atoms with Gasteiger partial charge in [0.05, 0.1) is 5.41 Å². The van der Waals surface area contributed by atoms with Crippen molar-refractivity contribution >= 4 is 11.8 Å². The van der Waals surface area contributed by atoms with Gasteiger partial charge in [-0.15, -0.1) is 0 Å². The minimum atomic E-state index is -2.11. The summed E-state index contributed by atoms with van der Waals surface area (Å²) in [5.74, 6) is -1.13. The van der Waals surface area contributed by atoms with Crippen molar-refractivity contribution in [3.05, 3.63) is 47.6 Å². The average Bonchev–Trinajstić information content (AvgIpc) is 3.33. The molecule has 0 aromatic carbocycles. The number of ether oxygens (including phenoxy) is 1. The molecular formula is C30H42O6. The lowest BCUT2D eigenvalue weighted by Crippen LogP contribution is -2.65. The fraction of sp³-hybridized carbons (Fsp3) is 0.667. The summed E-state index contributed by atoms with van der Waals surface area (Å²) in [6.45, 7) is 9.84. The Morgan fingerprint density at radius 2 is 1.92 bits per heavy atom. The lowest BCUT2D eigenvalue weighted by Gasteiger charge is -2.48. The van der Waals surface area contributed by atoms with E-state index in [0.29, 0.717) is 11.5 Å². The molecule has 0 aliphatic heterocycles. The predicted molar refractivity (Wildman–Crippen MR) is 138 cm³/mol. The monoisotopic (exact) mass is 498 g/mol. The lowest BCUT2D eigenvalue weighted by atomic mass is 9.59. The Labute approximate surface area is 214 Å². The minimum Gasteiger partial charge on any atom is -0.458 e. The largest absolute Gasteiger partial charge is 0.458 e. The van der Waals surface area contributed by atoms with E-state index in [0.717, 1.165) is 25.7 Å². The van der Waals surface area contributed by atoms with Gasteiger partial charge in [0.25, 0.3) is 0 Å². The summed E-state index contributed by atoms with van der Waals surface area (Å²) in [4.78, 5) is 26.6. The van der Waals surface area contributed by atoms with Crippen molar-refractivity contribution in [2.45, 2.75) is 84.5 Å². The molecule has 4 aliphatic rings. The molecule has 0 heterocycles. The van der Waals surface area contributed by atoms with Gasteiger partial charge in [-0.1, -0.05) is 70.9 Å². The van der Waals surface area contributed by atoms with E-state index in [4.69, 9.17) is 4.74 Å². The van der Waals surface area contributed by atoms with Gasteiger partial charge in [-0.25, -0.2) is 4.79 Å². The fourth-order valence-corrected chi connectivity index (χ4v) is 7.44. The SMILES string of the molecule is CCCCC/C=C/C=C/C(=O)OCC1=C[C@@H]2C(=O)[C@]3(C=C(C)[C@H](O)[C@@]3(O)[C@@H]1O)[C@H](C)C[C@@H]1[C@H]2C1(C)C. The number of esters is 1. The maximum atomic E-state index is 14.2. The lowest BCUT2D eigenvalue weighted by molar-refractivity contribution is -0.190. The van der Waals surface area contributed by atoms with Crippen molar-refractivity contribution in [3.8, 4) is 0 Å². The van der Waals surface area contributed by atoms with E-state index < -0.39 is 35.1 Å². The number of unbranched alkanes of at least 4 members (excludes halogenated alkanes) is 3. The van der Waals surface area contributed by atoms with Crippen molar-refractivity contribution in [1.29, 1.82) is 0 Å². The summed E-state index contributed by atoms with van der Waals surface area (Å²) >= 11 is 0. The molecule has 1 spiro atoms. The second kappa shape index (κ2) is 9.70. The molecule has 3 N–H and O–H groups in total. The highest BCUT2D eigenvalue weighted by Gasteiger charge is 2.75. The van der Waals surface area contributed by atoms with Crippen molar-refractivity contribution in [3.63, 3.8) is 0 Å². The predicted octanol–water partition coefficient (Wildman–Crippen LogP) is 4.06. The van der Waals surface area contributed by atoms with Crippen LogP contribution in [0.3, 0.4) is 0 Å². The minimum absolute atomic E-state index is 0.0376. The number of carbonyl (C=O) groups excluding carboxylic acids is 2. The molecule has 2 fully saturated rings. The molecule has 0 aromatic heterocycles. The number of ketones is 1. The van der Waals surface area contributed by atoms with Crippen LogP contribution in [-0.4, -0.2) is 51.5 Å². The number of hydrogen-bond acceptors (Lipinski definition) is 6. The summed E-state index contributed by atoms with van der Waals surface area (Å²) < 4.78 is 5.44. The van der Waals surface area contributed by atoms with Gasteiger partial charge in [0.1, 0.15) is 24.4 Å². The van der Waals surface area contributed by atoms with Crippen LogP contribution < -0.4 is 0 Å². The summed E-state index contributed by atoms with van der Waals surface area (Å²) in [7, 11) is 0. The Bertz CT molecular complexity index is 1020. The van der Waals surface area contributed by atoms with E-state index >= 15 is 0 Å². The van der Waals surface area contributed by atoms with Crippen molar-refractivity contribution in [2.24, 2.45) is 34.5 Å². The number of aliphatic hydroxyl groups is 3. The van der Waals surface area contributed by atoms with Gasteiger partial charge in [0, 0.05) is 12.0 Å². The maximum absolute atomic E-state index is 14.2. The summed E-state index contributed by atoms with van der Waals surface area (Å²) in [5, 5.41) is 34.6. The summed E-state index contributed by atoms with van der Waals surface area (Å²) in [5.41, 5.74) is -2.79. The third-order valence-corrected chi connectivity index (χ3v) is 9.58. The zero-order valence-corrected chi connectivity index (χ0v) is 22.2. The van der Waals surface area contributed by atoms with E-state index in [2.05, 4.69) is 20.8 Å². The highest BCUT2D eigenvalue weighted by Crippen LogP contribution is 2.71.